The van der Waals surface area contributed by atoms with Crippen LogP contribution in [-0.2, 0) is 11.0 Å². The van der Waals surface area contributed by atoms with Gasteiger partial charge in [-0.05, 0) is 25.2 Å². The van der Waals surface area contributed by atoms with Crippen LogP contribution in [0.15, 0.2) is 5.38 Å². The van der Waals surface area contributed by atoms with Gasteiger partial charge in [0.2, 0.25) is 5.91 Å². The van der Waals surface area contributed by atoms with E-state index in [2.05, 4.69) is 4.98 Å². The molecule has 8 heteroatoms. The molecule has 23 heavy (non-hydrogen) atoms. The van der Waals surface area contributed by atoms with Gasteiger partial charge in [0.15, 0.2) is 5.69 Å². The third-order valence-corrected chi connectivity index (χ3v) is 4.94. The number of alkyl halides is 3. The molecule has 0 aromatic carbocycles. The van der Waals surface area contributed by atoms with Gasteiger partial charge in [-0.2, -0.15) is 13.2 Å². The molecule has 1 aromatic heterocycles. The highest BCUT2D eigenvalue weighted by Gasteiger charge is 2.36. The second kappa shape index (κ2) is 7.17. The second-order valence-corrected chi connectivity index (χ2v) is 7.32. The predicted molar refractivity (Wildman–Crippen MR) is 83.1 cm³/mol. The molecular formula is C15H22F3N3OS. The van der Waals surface area contributed by atoms with Crippen LogP contribution in [0.5, 0.6) is 0 Å². The van der Waals surface area contributed by atoms with Gasteiger partial charge in [-0.15, -0.1) is 11.3 Å². The van der Waals surface area contributed by atoms with E-state index >= 15 is 0 Å². The molecule has 0 bridgehead atoms. The van der Waals surface area contributed by atoms with Gasteiger partial charge in [0.1, 0.15) is 0 Å². The van der Waals surface area contributed by atoms with E-state index in [4.69, 9.17) is 5.73 Å². The number of halogens is 3. The van der Waals surface area contributed by atoms with Crippen molar-refractivity contribution in [1.29, 1.82) is 0 Å². The Bertz CT molecular complexity index is 544. The second-order valence-electron chi connectivity index (χ2n) is 6.43. The van der Waals surface area contributed by atoms with Crippen molar-refractivity contribution in [3.05, 3.63) is 16.1 Å². The molecule has 1 aliphatic rings. The molecule has 130 valence electrons. The molecule has 4 nitrogen and oxygen atoms in total. The number of nitrogens with zero attached hydrogens (tertiary/aromatic N) is 2. The molecule has 1 saturated heterocycles. The Hall–Kier alpha value is -1.15. The van der Waals surface area contributed by atoms with Crippen LogP contribution in [0.25, 0.3) is 0 Å². The van der Waals surface area contributed by atoms with Gasteiger partial charge in [-0.25, -0.2) is 4.98 Å². The first-order chi connectivity index (χ1) is 10.7. The van der Waals surface area contributed by atoms with Gasteiger partial charge in [-0.1, -0.05) is 13.8 Å². The van der Waals surface area contributed by atoms with Crippen LogP contribution in [0.2, 0.25) is 0 Å². The lowest BCUT2D eigenvalue weighted by Crippen LogP contribution is -2.48. The first-order valence-corrected chi connectivity index (χ1v) is 8.63. The molecule has 2 rings (SSSR count). The monoisotopic (exact) mass is 349 g/mol. The van der Waals surface area contributed by atoms with Crippen molar-refractivity contribution >= 4 is 17.2 Å². The highest BCUT2D eigenvalue weighted by Crippen LogP contribution is 2.35. The molecule has 2 atom stereocenters. The number of rotatable bonds is 4. The minimum atomic E-state index is -4.42. The summed E-state index contributed by atoms with van der Waals surface area (Å²) in [5, 5.41) is 1.49. The average molecular weight is 349 g/mol. The van der Waals surface area contributed by atoms with Crippen molar-refractivity contribution < 1.29 is 18.0 Å². The van der Waals surface area contributed by atoms with Crippen molar-refractivity contribution in [1.82, 2.24) is 9.88 Å². The van der Waals surface area contributed by atoms with Gasteiger partial charge in [0.05, 0.1) is 11.0 Å². The van der Waals surface area contributed by atoms with E-state index in [0.29, 0.717) is 30.4 Å². The summed E-state index contributed by atoms with van der Waals surface area (Å²) in [7, 11) is 0. The molecule has 1 fully saturated rings. The molecule has 2 N–H and O–H groups in total. The number of amides is 1. The summed E-state index contributed by atoms with van der Waals surface area (Å²) >= 11 is 1.02. The average Bonchev–Trinajstić information content (AvgIpc) is 2.95. The van der Waals surface area contributed by atoms with E-state index in [1.54, 1.807) is 4.90 Å². The third-order valence-electron chi connectivity index (χ3n) is 3.94. The highest BCUT2D eigenvalue weighted by atomic mass is 32.1. The number of nitrogens with two attached hydrogens (primary N) is 1. The predicted octanol–water partition coefficient (Wildman–Crippen LogP) is 3.24. The van der Waals surface area contributed by atoms with Crippen LogP contribution < -0.4 is 5.73 Å². The highest BCUT2D eigenvalue weighted by molar-refractivity contribution is 7.09. The number of carbonyl (C=O) groups excluding carboxylic acids is 1. The number of hydrogen-bond donors (Lipinski definition) is 1. The quantitative estimate of drug-likeness (QED) is 0.908. The zero-order valence-corrected chi connectivity index (χ0v) is 14.1. The number of piperidine rings is 1. The van der Waals surface area contributed by atoms with E-state index < -0.39 is 17.9 Å². The molecule has 0 aliphatic carbocycles. The number of carbonyl (C=O) groups is 1. The van der Waals surface area contributed by atoms with Crippen LogP contribution in [0.3, 0.4) is 0 Å². The summed E-state index contributed by atoms with van der Waals surface area (Å²) in [6.07, 6.45) is -2.31. The molecule has 1 aromatic rings. The van der Waals surface area contributed by atoms with Crippen molar-refractivity contribution in [2.75, 3.05) is 13.1 Å². The standard InChI is InChI=1S/C15H22F3N3OS/c1-9(2)6-11(19)14(22)21-5-3-4-10(7-21)13-20-12(8-23-13)15(16,17)18/h8-11H,3-7,19H2,1-2H3/t10?,11-/m0/s1. The zero-order valence-electron chi connectivity index (χ0n) is 13.3. The Morgan fingerprint density at radius 2 is 2.22 bits per heavy atom. The van der Waals surface area contributed by atoms with Crippen LogP contribution in [0.4, 0.5) is 13.2 Å². The Kier molecular flexibility index (Phi) is 5.67. The maximum absolute atomic E-state index is 12.7. The van der Waals surface area contributed by atoms with Crippen LogP contribution in [0, 0.1) is 5.92 Å². The summed E-state index contributed by atoms with van der Waals surface area (Å²) in [5.41, 5.74) is 5.09. The molecule has 0 radical (unpaired) electrons. The lowest BCUT2D eigenvalue weighted by atomic mass is 9.96. The van der Waals surface area contributed by atoms with E-state index in [1.807, 2.05) is 13.8 Å². The lowest BCUT2D eigenvalue weighted by Gasteiger charge is -2.33. The molecule has 2 heterocycles. The maximum Gasteiger partial charge on any atom is 0.434 e. The Morgan fingerprint density at radius 1 is 1.52 bits per heavy atom. The third kappa shape index (κ3) is 4.67. The number of likely N-dealkylation sites (tertiary alicyclic amines) is 1. The minimum absolute atomic E-state index is 0.115. The summed E-state index contributed by atoms with van der Waals surface area (Å²) in [5.74, 6) is 0.0684. The summed E-state index contributed by atoms with van der Waals surface area (Å²) in [4.78, 5) is 17.8. The Labute approximate surface area is 137 Å². The van der Waals surface area contributed by atoms with Crippen LogP contribution in [-0.4, -0.2) is 34.9 Å². The van der Waals surface area contributed by atoms with Gasteiger partial charge in [0.25, 0.3) is 0 Å². The SMILES string of the molecule is CC(C)C[C@H](N)C(=O)N1CCCC(c2nc(C(F)(F)F)cs2)C1. The van der Waals surface area contributed by atoms with Crippen molar-refractivity contribution in [2.24, 2.45) is 11.7 Å². The van der Waals surface area contributed by atoms with E-state index in [-0.39, 0.29) is 11.8 Å². The molecular weight excluding hydrogens is 327 g/mol. The van der Waals surface area contributed by atoms with E-state index in [1.165, 1.54) is 0 Å². The summed E-state index contributed by atoms with van der Waals surface area (Å²) in [6.45, 7) is 5.01. The van der Waals surface area contributed by atoms with Crippen molar-refractivity contribution in [2.45, 2.75) is 51.2 Å². The minimum Gasteiger partial charge on any atom is -0.341 e. The van der Waals surface area contributed by atoms with Gasteiger partial charge in [-0.3, -0.25) is 4.79 Å². The lowest BCUT2D eigenvalue weighted by molar-refractivity contribution is -0.141. The largest absolute Gasteiger partial charge is 0.434 e. The maximum atomic E-state index is 12.7. The Morgan fingerprint density at radius 3 is 2.78 bits per heavy atom. The number of hydrogen-bond acceptors (Lipinski definition) is 4. The number of thiazole rings is 1. The van der Waals surface area contributed by atoms with Crippen molar-refractivity contribution in [3.63, 3.8) is 0 Å². The molecule has 1 aliphatic heterocycles. The molecule has 1 unspecified atom stereocenters. The van der Waals surface area contributed by atoms with Crippen LogP contribution in [0.1, 0.15) is 49.7 Å². The molecule has 0 spiro atoms. The molecule has 1 amide bonds. The van der Waals surface area contributed by atoms with Crippen molar-refractivity contribution in [3.8, 4) is 0 Å². The Balaban J connectivity index is 2.03. The smallest absolute Gasteiger partial charge is 0.341 e. The normalized spacial score (nSPS) is 20.8. The summed E-state index contributed by atoms with van der Waals surface area (Å²) in [6, 6.07) is -0.546. The number of aromatic nitrogens is 1. The van der Waals surface area contributed by atoms with E-state index in [9.17, 15) is 18.0 Å². The van der Waals surface area contributed by atoms with Crippen LogP contribution >= 0.6 is 11.3 Å². The van der Waals surface area contributed by atoms with E-state index in [0.717, 1.165) is 29.6 Å². The fourth-order valence-corrected chi connectivity index (χ4v) is 3.78. The van der Waals surface area contributed by atoms with Gasteiger partial charge in [0, 0.05) is 24.4 Å². The first kappa shape index (κ1) is 18.2. The summed E-state index contributed by atoms with van der Waals surface area (Å²) < 4.78 is 38.0. The fourth-order valence-electron chi connectivity index (χ4n) is 2.83. The molecule has 0 saturated carbocycles. The van der Waals surface area contributed by atoms with Gasteiger partial charge < -0.3 is 10.6 Å². The first-order valence-electron chi connectivity index (χ1n) is 7.75. The van der Waals surface area contributed by atoms with Gasteiger partial charge >= 0.3 is 6.18 Å². The zero-order chi connectivity index (χ0) is 17.2. The fraction of sp³-hybridized carbons (Fsp3) is 0.733. The topological polar surface area (TPSA) is 59.2 Å².